The van der Waals surface area contributed by atoms with Crippen LogP contribution in [0.15, 0.2) is 70.5 Å². The lowest BCUT2D eigenvalue weighted by Gasteiger charge is -2.04. The van der Waals surface area contributed by atoms with Crippen molar-refractivity contribution in [3.8, 4) is 16.3 Å². The molecule has 2 amide bonds. The zero-order valence-electron chi connectivity index (χ0n) is 15.0. The summed E-state index contributed by atoms with van der Waals surface area (Å²) >= 11 is 1.53. The molecule has 3 heterocycles. The van der Waals surface area contributed by atoms with E-state index >= 15 is 0 Å². The van der Waals surface area contributed by atoms with Crippen LogP contribution in [0.1, 0.15) is 26.8 Å². The summed E-state index contributed by atoms with van der Waals surface area (Å²) in [5, 5.41) is 8.68. The number of ether oxygens (including phenoxy) is 1. The molecule has 0 saturated heterocycles. The number of amides is 2. The van der Waals surface area contributed by atoms with Gasteiger partial charge < -0.3 is 9.15 Å². The molecule has 0 atom stereocenters. The van der Waals surface area contributed by atoms with Crippen LogP contribution in [0.4, 0.5) is 0 Å². The second-order valence-electron chi connectivity index (χ2n) is 5.92. The van der Waals surface area contributed by atoms with Crippen LogP contribution in [0.5, 0.6) is 5.75 Å². The molecule has 3 N–H and O–H groups in total. The summed E-state index contributed by atoms with van der Waals surface area (Å²) in [4.78, 5) is 25.3. The number of aromatic amines is 1. The van der Waals surface area contributed by atoms with Crippen molar-refractivity contribution >= 4 is 23.2 Å². The summed E-state index contributed by atoms with van der Waals surface area (Å²) in [6.45, 7) is 0.183. The molecule has 29 heavy (non-hydrogen) atoms. The Morgan fingerprint density at radius 1 is 1.03 bits per heavy atom. The second kappa shape index (κ2) is 8.44. The molecular formula is C20H16N4O4S. The first-order chi connectivity index (χ1) is 14.2. The minimum Gasteiger partial charge on any atom is -0.486 e. The molecular weight excluding hydrogens is 392 g/mol. The second-order valence-corrected chi connectivity index (χ2v) is 6.87. The van der Waals surface area contributed by atoms with Crippen LogP contribution in [0, 0.1) is 0 Å². The Kier molecular flexibility index (Phi) is 5.39. The van der Waals surface area contributed by atoms with Gasteiger partial charge >= 0.3 is 5.91 Å². The van der Waals surface area contributed by atoms with Crippen LogP contribution in [0.3, 0.4) is 0 Å². The largest absolute Gasteiger partial charge is 0.486 e. The van der Waals surface area contributed by atoms with E-state index in [0.717, 1.165) is 10.6 Å². The number of aromatic nitrogens is 2. The predicted octanol–water partition coefficient (Wildman–Crippen LogP) is 3.39. The summed E-state index contributed by atoms with van der Waals surface area (Å²) in [5.41, 5.74) is 5.50. The monoisotopic (exact) mass is 408 g/mol. The van der Waals surface area contributed by atoms with Crippen molar-refractivity contribution in [3.05, 3.63) is 83.3 Å². The molecule has 9 heteroatoms. The van der Waals surface area contributed by atoms with Gasteiger partial charge in [-0.25, -0.2) is 0 Å². The van der Waals surface area contributed by atoms with E-state index in [0.29, 0.717) is 11.5 Å². The number of para-hydroxylation sites is 1. The number of benzene rings is 1. The molecule has 0 spiro atoms. The molecule has 0 unspecified atom stereocenters. The van der Waals surface area contributed by atoms with Crippen molar-refractivity contribution in [3.63, 3.8) is 0 Å². The summed E-state index contributed by atoms with van der Waals surface area (Å²) in [7, 11) is 0. The third-order valence-corrected chi connectivity index (χ3v) is 4.80. The Morgan fingerprint density at radius 3 is 2.66 bits per heavy atom. The number of thiophene rings is 1. The van der Waals surface area contributed by atoms with Crippen molar-refractivity contribution in [2.45, 2.75) is 6.61 Å². The van der Waals surface area contributed by atoms with Gasteiger partial charge in [-0.05, 0) is 41.8 Å². The number of carbonyl (C=O) groups is 2. The molecule has 0 aliphatic rings. The maximum Gasteiger partial charge on any atom is 0.305 e. The van der Waals surface area contributed by atoms with Crippen molar-refractivity contribution in [1.29, 1.82) is 0 Å². The minimum atomic E-state index is -0.585. The maximum absolute atomic E-state index is 12.2. The molecule has 1 aromatic carbocycles. The van der Waals surface area contributed by atoms with Gasteiger partial charge in [0.2, 0.25) is 0 Å². The van der Waals surface area contributed by atoms with Crippen LogP contribution in [0.2, 0.25) is 0 Å². The van der Waals surface area contributed by atoms with Crippen LogP contribution in [0.25, 0.3) is 10.6 Å². The molecule has 8 nitrogen and oxygen atoms in total. The van der Waals surface area contributed by atoms with E-state index in [1.54, 1.807) is 12.1 Å². The molecule has 0 fully saturated rings. The molecule has 4 aromatic rings. The highest BCUT2D eigenvalue weighted by Gasteiger charge is 2.15. The number of H-pyrrole nitrogens is 1. The third-order valence-electron chi connectivity index (χ3n) is 3.90. The van der Waals surface area contributed by atoms with E-state index < -0.39 is 11.8 Å². The van der Waals surface area contributed by atoms with Gasteiger partial charge in [0.1, 0.15) is 18.1 Å². The summed E-state index contributed by atoms with van der Waals surface area (Å²) in [6.07, 6.45) is 0. The molecule has 0 radical (unpaired) electrons. The lowest BCUT2D eigenvalue weighted by atomic mass is 10.3. The van der Waals surface area contributed by atoms with E-state index in [9.17, 15) is 9.59 Å². The third kappa shape index (κ3) is 4.53. The number of nitrogens with one attached hydrogen (secondary N) is 3. The van der Waals surface area contributed by atoms with Gasteiger partial charge in [-0.2, -0.15) is 5.10 Å². The quantitative estimate of drug-likeness (QED) is 0.424. The summed E-state index contributed by atoms with van der Waals surface area (Å²) in [5.74, 6) is 0.106. The number of carbonyl (C=O) groups excluding carboxylic acids is 2. The molecule has 0 saturated carbocycles. The number of rotatable bonds is 6. The van der Waals surface area contributed by atoms with Crippen LogP contribution in [-0.2, 0) is 6.61 Å². The predicted molar refractivity (Wildman–Crippen MR) is 106 cm³/mol. The van der Waals surface area contributed by atoms with E-state index in [1.165, 1.54) is 17.4 Å². The Morgan fingerprint density at radius 2 is 1.86 bits per heavy atom. The average molecular weight is 408 g/mol. The number of hydrogen-bond donors (Lipinski definition) is 3. The topological polar surface area (TPSA) is 109 Å². The lowest BCUT2D eigenvalue weighted by Crippen LogP contribution is -2.41. The molecule has 4 rings (SSSR count). The fourth-order valence-corrected chi connectivity index (χ4v) is 3.18. The van der Waals surface area contributed by atoms with Crippen molar-refractivity contribution in [1.82, 2.24) is 21.0 Å². The fourth-order valence-electron chi connectivity index (χ4n) is 2.48. The molecule has 146 valence electrons. The minimum absolute atomic E-state index is 0.0539. The molecule has 0 bridgehead atoms. The van der Waals surface area contributed by atoms with Crippen LogP contribution < -0.4 is 15.6 Å². The zero-order valence-corrected chi connectivity index (χ0v) is 15.9. The van der Waals surface area contributed by atoms with Gasteiger partial charge in [0.25, 0.3) is 5.91 Å². The highest BCUT2D eigenvalue weighted by atomic mass is 32.1. The van der Waals surface area contributed by atoms with Crippen molar-refractivity contribution < 1.29 is 18.7 Å². The van der Waals surface area contributed by atoms with Crippen molar-refractivity contribution in [2.24, 2.45) is 0 Å². The molecule has 0 aliphatic heterocycles. The first-order valence-electron chi connectivity index (χ1n) is 8.65. The summed E-state index contributed by atoms with van der Waals surface area (Å²) < 4.78 is 11.0. The first-order valence-corrected chi connectivity index (χ1v) is 9.53. The van der Waals surface area contributed by atoms with Gasteiger partial charge in [-0.1, -0.05) is 24.3 Å². The molecule has 0 aliphatic carbocycles. The number of nitrogens with zero attached hydrogens (tertiary/aromatic N) is 1. The highest BCUT2D eigenvalue weighted by molar-refractivity contribution is 7.13. The summed E-state index contributed by atoms with van der Waals surface area (Å²) in [6, 6.07) is 17.8. The molecule has 3 aromatic heterocycles. The van der Waals surface area contributed by atoms with E-state index in [1.807, 2.05) is 47.8 Å². The van der Waals surface area contributed by atoms with E-state index in [4.69, 9.17) is 9.15 Å². The Balaban J connectivity index is 1.29. The van der Waals surface area contributed by atoms with Crippen LogP contribution in [-0.4, -0.2) is 22.0 Å². The number of hydrazine groups is 1. The van der Waals surface area contributed by atoms with Crippen molar-refractivity contribution in [2.75, 3.05) is 0 Å². The Bertz CT molecular complexity index is 1100. The standard InChI is InChI=1S/C20H16N4O4S/c25-19(16-11-15(21-22-16)18-7-4-10-29-18)23-24-20(26)17-9-8-14(28-17)12-27-13-5-2-1-3-6-13/h1-11H,12H2,(H,21,22)(H,23,25)(H,24,26). The fraction of sp³-hybridized carbons (Fsp3) is 0.0500. The van der Waals surface area contributed by atoms with Gasteiger partial charge in [-0.15, -0.1) is 11.3 Å². The van der Waals surface area contributed by atoms with E-state index in [-0.39, 0.29) is 18.1 Å². The lowest BCUT2D eigenvalue weighted by molar-refractivity contribution is 0.0826. The SMILES string of the molecule is O=C(NNC(=O)c1ccc(COc2ccccc2)o1)c1cc(-c2cccs2)[nH]n1. The van der Waals surface area contributed by atoms with Gasteiger partial charge in [0.15, 0.2) is 11.5 Å². The van der Waals surface area contributed by atoms with E-state index in [2.05, 4.69) is 21.0 Å². The number of furan rings is 1. The normalized spacial score (nSPS) is 10.5. The Labute approximate surface area is 169 Å². The first kappa shape index (κ1) is 18.5. The zero-order chi connectivity index (χ0) is 20.1. The maximum atomic E-state index is 12.2. The average Bonchev–Trinajstić information content (AvgIpc) is 3.51. The Hall–Kier alpha value is -3.85. The van der Waals surface area contributed by atoms with Gasteiger partial charge in [0.05, 0.1) is 10.6 Å². The highest BCUT2D eigenvalue weighted by Crippen LogP contribution is 2.22. The smallest absolute Gasteiger partial charge is 0.305 e. The number of hydrogen-bond acceptors (Lipinski definition) is 6. The van der Waals surface area contributed by atoms with Crippen LogP contribution >= 0.6 is 11.3 Å². The van der Waals surface area contributed by atoms with Gasteiger partial charge in [0, 0.05) is 0 Å². The van der Waals surface area contributed by atoms with Gasteiger partial charge in [-0.3, -0.25) is 25.5 Å².